The lowest BCUT2D eigenvalue weighted by atomic mass is 9.82. The van der Waals surface area contributed by atoms with Crippen molar-refractivity contribution < 1.29 is 19.2 Å². The lowest BCUT2D eigenvalue weighted by molar-refractivity contribution is -0.125. The van der Waals surface area contributed by atoms with Gasteiger partial charge in [-0.3, -0.25) is 19.2 Å². The van der Waals surface area contributed by atoms with Crippen molar-refractivity contribution in [1.82, 2.24) is 0 Å². The Bertz CT molecular complexity index is 1390. The number of allylic oxidation sites excluding steroid dienone is 2. The molecular formula is C30H22O4. The Morgan fingerprint density at radius 3 is 1.91 bits per heavy atom. The molecule has 3 unspecified atom stereocenters. The Labute approximate surface area is 197 Å². The van der Waals surface area contributed by atoms with Crippen LogP contribution in [0.25, 0.3) is 0 Å². The van der Waals surface area contributed by atoms with E-state index in [0.29, 0.717) is 34.3 Å². The Morgan fingerprint density at radius 2 is 1.26 bits per heavy atom. The molecular weight excluding hydrogens is 424 g/mol. The third-order valence-corrected chi connectivity index (χ3v) is 7.55. The van der Waals surface area contributed by atoms with E-state index in [0.717, 1.165) is 11.1 Å². The highest BCUT2D eigenvalue weighted by molar-refractivity contribution is 6.30. The Balaban J connectivity index is 1.52. The fraction of sp³-hybridized carbons (Fsp3) is 0.200. The van der Waals surface area contributed by atoms with Crippen molar-refractivity contribution in [3.05, 3.63) is 118 Å². The molecule has 0 spiro atoms. The molecule has 34 heavy (non-hydrogen) atoms. The van der Waals surface area contributed by atoms with Crippen LogP contribution in [-0.4, -0.2) is 23.1 Å². The second kappa shape index (κ2) is 7.56. The van der Waals surface area contributed by atoms with E-state index < -0.39 is 17.8 Å². The third-order valence-electron chi connectivity index (χ3n) is 7.55. The minimum atomic E-state index is -1.02. The molecule has 0 aromatic heterocycles. The van der Waals surface area contributed by atoms with Crippen LogP contribution in [0.15, 0.2) is 90.0 Å². The maximum Gasteiger partial charge on any atom is 0.178 e. The molecule has 0 aliphatic heterocycles. The van der Waals surface area contributed by atoms with Gasteiger partial charge in [-0.15, -0.1) is 0 Å². The Kier molecular flexibility index (Phi) is 4.59. The summed E-state index contributed by atoms with van der Waals surface area (Å²) >= 11 is 0. The minimum Gasteiger partial charge on any atom is -0.298 e. The van der Waals surface area contributed by atoms with Gasteiger partial charge in [-0.25, -0.2) is 0 Å². The average Bonchev–Trinajstić information content (AvgIpc) is 3.44. The summed E-state index contributed by atoms with van der Waals surface area (Å²) in [4.78, 5) is 54.4. The van der Waals surface area contributed by atoms with Crippen LogP contribution in [0.3, 0.4) is 0 Å². The topological polar surface area (TPSA) is 68.3 Å². The van der Waals surface area contributed by atoms with Crippen LogP contribution < -0.4 is 0 Å². The van der Waals surface area contributed by atoms with E-state index in [2.05, 4.69) is 0 Å². The predicted octanol–water partition coefficient (Wildman–Crippen LogP) is 5.03. The van der Waals surface area contributed by atoms with Gasteiger partial charge in [0.15, 0.2) is 23.1 Å². The van der Waals surface area contributed by atoms with E-state index in [1.165, 1.54) is 0 Å². The molecule has 0 radical (unpaired) electrons. The highest BCUT2D eigenvalue weighted by Gasteiger charge is 2.57. The Hall–Kier alpha value is -3.92. The second-order valence-electron chi connectivity index (χ2n) is 9.46. The van der Waals surface area contributed by atoms with Gasteiger partial charge in [0.1, 0.15) is 11.8 Å². The van der Waals surface area contributed by atoms with Crippen LogP contribution >= 0.6 is 0 Å². The maximum absolute atomic E-state index is 13.8. The van der Waals surface area contributed by atoms with Crippen LogP contribution in [-0.2, 0) is 9.59 Å². The number of hydrogen-bond donors (Lipinski definition) is 0. The zero-order valence-corrected chi connectivity index (χ0v) is 18.7. The molecule has 0 N–H and O–H groups in total. The number of rotatable bonds is 3. The number of ketones is 4. The molecule has 0 heterocycles. The van der Waals surface area contributed by atoms with Crippen LogP contribution in [0.4, 0.5) is 0 Å². The standard InChI is InChI=1S/C30H22O4/c1-16-8-7-11-18(14-16)23-29(33)24-21(17-9-3-2-4-10-17)15-22(25(24)30(23)34)26-27(31)19-12-5-6-13-20(19)28(26)32/h2-14,21,23-24,26H,15H2,1H3. The average molecular weight is 447 g/mol. The van der Waals surface area contributed by atoms with E-state index in [1.54, 1.807) is 24.3 Å². The number of Topliss-reactive ketones (excluding diaryl/α,β-unsaturated/α-hetero) is 4. The zero-order chi connectivity index (χ0) is 23.6. The number of carbonyl (C=O) groups is 4. The van der Waals surface area contributed by atoms with Crippen LogP contribution in [0.1, 0.15) is 55.7 Å². The van der Waals surface area contributed by atoms with E-state index in [1.807, 2.05) is 61.5 Å². The van der Waals surface area contributed by atoms with Gasteiger partial charge in [0.25, 0.3) is 0 Å². The molecule has 3 atom stereocenters. The molecule has 4 nitrogen and oxygen atoms in total. The van der Waals surface area contributed by atoms with Gasteiger partial charge < -0.3 is 0 Å². The number of aryl methyl sites for hydroxylation is 1. The summed E-state index contributed by atoms with van der Waals surface area (Å²) in [5.41, 5.74) is 4.33. The summed E-state index contributed by atoms with van der Waals surface area (Å²) in [6.45, 7) is 1.93. The van der Waals surface area contributed by atoms with Gasteiger partial charge in [0.2, 0.25) is 0 Å². The fourth-order valence-corrected chi connectivity index (χ4v) is 6.09. The molecule has 166 valence electrons. The lowest BCUT2D eigenvalue weighted by Crippen LogP contribution is -2.22. The summed E-state index contributed by atoms with van der Waals surface area (Å²) in [6, 6.07) is 23.9. The SMILES string of the molecule is Cc1cccc(C2C(=O)C3=C(C4C(=O)c5ccccc5C4=O)CC(c4ccccc4)C3C2=O)c1. The second-order valence-corrected chi connectivity index (χ2v) is 9.46. The number of fused-ring (bicyclic) bond motifs is 2. The van der Waals surface area contributed by atoms with Crippen molar-refractivity contribution in [3.63, 3.8) is 0 Å². The van der Waals surface area contributed by atoms with Crippen molar-refractivity contribution in [3.8, 4) is 0 Å². The van der Waals surface area contributed by atoms with Gasteiger partial charge in [-0.1, -0.05) is 84.4 Å². The molecule has 0 amide bonds. The number of benzene rings is 3. The summed E-state index contributed by atoms with van der Waals surface area (Å²) in [5, 5.41) is 0. The molecule has 0 bridgehead atoms. The van der Waals surface area contributed by atoms with Crippen LogP contribution in [0.5, 0.6) is 0 Å². The Morgan fingerprint density at radius 1 is 0.647 bits per heavy atom. The van der Waals surface area contributed by atoms with Crippen molar-refractivity contribution >= 4 is 23.1 Å². The van der Waals surface area contributed by atoms with E-state index >= 15 is 0 Å². The summed E-state index contributed by atoms with van der Waals surface area (Å²) in [7, 11) is 0. The normalized spacial score (nSPS) is 24.2. The van der Waals surface area contributed by atoms with Gasteiger partial charge in [-0.2, -0.15) is 0 Å². The van der Waals surface area contributed by atoms with Gasteiger partial charge in [-0.05, 0) is 30.0 Å². The molecule has 6 rings (SSSR count). The molecule has 3 aromatic rings. The largest absolute Gasteiger partial charge is 0.298 e. The first-order chi connectivity index (χ1) is 16.5. The zero-order valence-electron chi connectivity index (χ0n) is 18.7. The molecule has 3 aromatic carbocycles. The van der Waals surface area contributed by atoms with E-state index in [-0.39, 0.29) is 29.1 Å². The third kappa shape index (κ3) is 2.84. The minimum absolute atomic E-state index is 0.134. The van der Waals surface area contributed by atoms with Crippen molar-refractivity contribution in [2.24, 2.45) is 11.8 Å². The first-order valence-corrected chi connectivity index (χ1v) is 11.6. The number of carbonyl (C=O) groups excluding carboxylic acids is 4. The highest BCUT2D eigenvalue weighted by atomic mass is 16.2. The maximum atomic E-state index is 13.8. The van der Waals surface area contributed by atoms with Crippen molar-refractivity contribution in [1.29, 1.82) is 0 Å². The molecule has 3 aliphatic rings. The van der Waals surface area contributed by atoms with Gasteiger partial charge in [0.05, 0.1) is 5.92 Å². The van der Waals surface area contributed by atoms with E-state index in [4.69, 9.17) is 0 Å². The molecule has 4 heteroatoms. The lowest BCUT2D eigenvalue weighted by Gasteiger charge is -2.19. The predicted molar refractivity (Wildman–Crippen MR) is 127 cm³/mol. The molecule has 1 saturated carbocycles. The molecule has 3 aliphatic carbocycles. The molecule has 1 fully saturated rings. The first-order valence-electron chi connectivity index (χ1n) is 11.6. The van der Waals surface area contributed by atoms with Gasteiger partial charge >= 0.3 is 0 Å². The van der Waals surface area contributed by atoms with Crippen LogP contribution in [0.2, 0.25) is 0 Å². The summed E-state index contributed by atoms with van der Waals surface area (Å²) in [5.74, 6) is -3.74. The fourth-order valence-electron chi connectivity index (χ4n) is 6.09. The van der Waals surface area contributed by atoms with Crippen LogP contribution in [0, 0.1) is 18.8 Å². The highest BCUT2D eigenvalue weighted by Crippen LogP contribution is 2.55. The van der Waals surface area contributed by atoms with Gasteiger partial charge in [0, 0.05) is 22.6 Å². The first kappa shape index (κ1) is 20.7. The smallest absolute Gasteiger partial charge is 0.178 e. The van der Waals surface area contributed by atoms with Crippen molar-refractivity contribution in [2.45, 2.75) is 25.2 Å². The monoisotopic (exact) mass is 446 g/mol. The summed E-state index contributed by atoms with van der Waals surface area (Å²) < 4.78 is 0. The van der Waals surface area contributed by atoms with E-state index in [9.17, 15) is 19.2 Å². The summed E-state index contributed by atoms with van der Waals surface area (Å²) in [6.07, 6.45) is 0.359. The molecule has 0 saturated heterocycles. The number of hydrogen-bond acceptors (Lipinski definition) is 4. The van der Waals surface area contributed by atoms with Crippen molar-refractivity contribution in [2.75, 3.05) is 0 Å². The quantitative estimate of drug-likeness (QED) is 0.530.